The van der Waals surface area contributed by atoms with Gasteiger partial charge < -0.3 is 25.0 Å². The summed E-state index contributed by atoms with van der Waals surface area (Å²) in [6, 6.07) is 13.3. The van der Waals surface area contributed by atoms with E-state index in [0.29, 0.717) is 17.4 Å². The molecule has 0 bridgehead atoms. The summed E-state index contributed by atoms with van der Waals surface area (Å²) in [6.45, 7) is 6.15. The zero-order valence-corrected chi connectivity index (χ0v) is 19.1. The molecule has 2 heterocycles. The lowest BCUT2D eigenvalue weighted by Gasteiger charge is -2.39. The number of nitrogens with zero attached hydrogens (tertiary/aromatic N) is 2. The van der Waals surface area contributed by atoms with Gasteiger partial charge in [-0.15, -0.1) is 0 Å². The lowest BCUT2D eigenvalue weighted by atomic mass is 9.98. The van der Waals surface area contributed by atoms with Crippen LogP contribution in [0.1, 0.15) is 47.8 Å². The molecule has 1 aromatic heterocycles. The lowest BCUT2D eigenvalue weighted by Crippen LogP contribution is -2.48. The summed E-state index contributed by atoms with van der Waals surface area (Å²) >= 11 is 0. The Hall–Kier alpha value is -2.99. The highest BCUT2D eigenvalue weighted by Crippen LogP contribution is 2.28. The van der Waals surface area contributed by atoms with Crippen LogP contribution < -0.4 is 0 Å². The standard InChI is InChI=1S/C26H33N3O3/c1-17(4-5-19-6-8-21(30)9-7-19)29-14-12-20(13-15-29)28(3)26(32)25-18(2)27-24-11-10-22(31)16-23(24)25/h6-11,16-17,20,27,30-31H,4-5,12-15H2,1-3H3. The second-order valence-corrected chi connectivity index (χ2v) is 9.09. The second-order valence-electron chi connectivity index (χ2n) is 9.09. The Kier molecular flexibility index (Phi) is 6.42. The van der Waals surface area contributed by atoms with Gasteiger partial charge in [0.25, 0.3) is 5.91 Å². The lowest BCUT2D eigenvalue weighted by molar-refractivity contribution is 0.0602. The van der Waals surface area contributed by atoms with Gasteiger partial charge in [-0.1, -0.05) is 12.1 Å². The fourth-order valence-electron chi connectivity index (χ4n) is 4.87. The van der Waals surface area contributed by atoms with Crippen molar-refractivity contribution in [2.75, 3.05) is 20.1 Å². The van der Waals surface area contributed by atoms with E-state index < -0.39 is 0 Å². The molecule has 3 N–H and O–H groups in total. The first-order chi connectivity index (χ1) is 15.3. The summed E-state index contributed by atoms with van der Waals surface area (Å²) in [5, 5.41) is 20.1. The third-order valence-corrected chi connectivity index (χ3v) is 6.96. The number of H-pyrrole nitrogens is 1. The third-order valence-electron chi connectivity index (χ3n) is 6.96. The first kappa shape index (κ1) is 22.2. The number of carbonyl (C=O) groups is 1. The Labute approximate surface area is 189 Å². The molecule has 1 amide bonds. The van der Waals surface area contributed by atoms with E-state index in [1.54, 1.807) is 24.3 Å². The van der Waals surface area contributed by atoms with Crippen molar-refractivity contribution in [2.45, 2.75) is 51.6 Å². The van der Waals surface area contributed by atoms with Crippen LogP contribution in [0.5, 0.6) is 11.5 Å². The number of hydrogen-bond acceptors (Lipinski definition) is 4. The molecule has 1 atom stereocenters. The fraction of sp³-hybridized carbons (Fsp3) is 0.423. The van der Waals surface area contributed by atoms with E-state index in [1.165, 1.54) is 5.56 Å². The molecule has 0 aliphatic carbocycles. The van der Waals surface area contributed by atoms with Crippen molar-refractivity contribution in [1.29, 1.82) is 0 Å². The van der Waals surface area contributed by atoms with E-state index in [-0.39, 0.29) is 17.7 Å². The molecule has 4 rings (SSSR count). The van der Waals surface area contributed by atoms with Crippen molar-refractivity contribution in [2.24, 2.45) is 0 Å². The number of aromatic amines is 1. The Morgan fingerprint density at radius 1 is 1.12 bits per heavy atom. The molecule has 32 heavy (non-hydrogen) atoms. The number of fused-ring (bicyclic) bond motifs is 1. The first-order valence-corrected chi connectivity index (χ1v) is 11.4. The number of aromatic nitrogens is 1. The van der Waals surface area contributed by atoms with E-state index in [4.69, 9.17) is 0 Å². The van der Waals surface area contributed by atoms with Crippen molar-refractivity contribution in [3.8, 4) is 11.5 Å². The van der Waals surface area contributed by atoms with E-state index in [0.717, 1.165) is 55.4 Å². The van der Waals surface area contributed by atoms with Crippen LogP contribution in [0.15, 0.2) is 42.5 Å². The molecule has 2 aromatic carbocycles. The van der Waals surface area contributed by atoms with Gasteiger partial charge in [0.15, 0.2) is 0 Å². The monoisotopic (exact) mass is 435 g/mol. The number of phenolic OH excluding ortho intramolecular Hbond substituents is 2. The Bertz CT molecular complexity index is 1080. The van der Waals surface area contributed by atoms with E-state index in [2.05, 4.69) is 16.8 Å². The molecular formula is C26H33N3O3. The zero-order valence-electron chi connectivity index (χ0n) is 19.1. The summed E-state index contributed by atoms with van der Waals surface area (Å²) in [4.78, 5) is 21.0. The number of phenols is 2. The molecule has 0 radical (unpaired) electrons. The van der Waals surface area contributed by atoms with Gasteiger partial charge >= 0.3 is 0 Å². The van der Waals surface area contributed by atoms with Crippen LogP contribution in [0.25, 0.3) is 10.9 Å². The van der Waals surface area contributed by atoms with E-state index in [1.807, 2.05) is 37.1 Å². The highest BCUT2D eigenvalue weighted by molar-refractivity contribution is 6.08. The quantitative estimate of drug-likeness (QED) is 0.535. The molecular weight excluding hydrogens is 402 g/mol. The summed E-state index contributed by atoms with van der Waals surface area (Å²) in [5.41, 5.74) is 3.61. The van der Waals surface area contributed by atoms with E-state index in [9.17, 15) is 15.0 Å². The average Bonchev–Trinajstić information content (AvgIpc) is 3.12. The highest BCUT2D eigenvalue weighted by atomic mass is 16.3. The number of carbonyl (C=O) groups excluding carboxylic acids is 1. The minimum atomic E-state index is 0.0122. The number of rotatable bonds is 6. The predicted molar refractivity (Wildman–Crippen MR) is 127 cm³/mol. The van der Waals surface area contributed by atoms with Crippen molar-refractivity contribution < 1.29 is 15.0 Å². The SMILES string of the molecule is Cc1[nH]c2ccc(O)cc2c1C(=O)N(C)C1CCN(C(C)CCc2ccc(O)cc2)CC1. The zero-order chi connectivity index (χ0) is 22.8. The van der Waals surface area contributed by atoms with Crippen LogP contribution in [0.4, 0.5) is 0 Å². The normalized spacial score (nSPS) is 16.3. The number of benzene rings is 2. The first-order valence-electron chi connectivity index (χ1n) is 11.4. The van der Waals surface area contributed by atoms with Crippen LogP contribution in [0, 0.1) is 6.92 Å². The Morgan fingerprint density at radius 3 is 2.47 bits per heavy atom. The minimum absolute atomic E-state index is 0.0122. The molecule has 1 saturated heterocycles. The summed E-state index contributed by atoms with van der Waals surface area (Å²) in [6.07, 6.45) is 3.98. The van der Waals surface area contributed by atoms with Gasteiger partial charge in [-0.2, -0.15) is 0 Å². The Balaban J connectivity index is 1.34. The summed E-state index contributed by atoms with van der Waals surface area (Å²) < 4.78 is 0. The van der Waals surface area contributed by atoms with Crippen LogP contribution in [0.2, 0.25) is 0 Å². The van der Waals surface area contributed by atoms with Gasteiger partial charge in [-0.25, -0.2) is 0 Å². The highest BCUT2D eigenvalue weighted by Gasteiger charge is 2.29. The van der Waals surface area contributed by atoms with Gasteiger partial charge in [0, 0.05) is 48.8 Å². The predicted octanol–water partition coefficient (Wildman–Crippen LogP) is 4.45. The Morgan fingerprint density at radius 2 is 1.78 bits per heavy atom. The molecule has 170 valence electrons. The number of nitrogens with one attached hydrogen (secondary N) is 1. The number of likely N-dealkylation sites (tertiary alicyclic amines) is 1. The van der Waals surface area contributed by atoms with Crippen molar-refractivity contribution in [3.63, 3.8) is 0 Å². The van der Waals surface area contributed by atoms with Crippen LogP contribution in [0.3, 0.4) is 0 Å². The number of hydrogen-bond donors (Lipinski definition) is 3. The molecule has 1 unspecified atom stereocenters. The van der Waals surface area contributed by atoms with Crippen molar-refractivity contribution in [3.05, 3.63) is 59.3 Å². The van der Waals surface area contributed by atoms with Crippen molar-refractivity contribution in [1.82, 2.24) is 14.8 Å². The number of aryl methyl sites for hydroxylation is 2. The molecule has 1 aliphatic heterocycles. The average molecular weight is 436 g/mol. The maximum Gasteiger partial charge on any atom is 0.256 e. The molecule has 0 saturated carbocycles. The summed E-state index contributed by atoms with van der Waals surface area (Å²) in [5.74, 6) is 0.489. The molecule has 1 fully saturated rings. The number of aromatic hydroxyl groups is 2. The smallest absolute Gasteiger partial charge is 0.256 e. The molecule has 3 aromatic rings. The third kappa shape index (κ3) is 4.60. The summed E-state index contributed by atoms with van der Waals surface area (Å²) in [7, 11) is 1.90. The van der Waals surface area contributed by atoms with Crippen LogP contribution in [-0.2, 0) is 6.42 Å². The van der Waals surface area contributed by atoms with E-state index >= 15 is 0 Å². The maximum absolute atomic E-state index is 13.3. The second kappa shape index (κ2) is 9.25. The number of amides is 1. The molecule has 6 heteroatoms. The maximum atomic E-state index is 13.3. The molecule has 0 spiro atoms. The van der Waals surface area contributed by atoms with Crippen molar-refractivity contribution >= 4 is 16.8 Å². The fourth-order valence-corrected chi connectivity index (χ4v) is 4.87. The minimum Gasteiger partial charge on any atom is -0.508 e. The van der Waals surface area contributed by atoms with Gasteiger partial charge in [0.2, 0.25) is 0 Å². The van der Waals surface area contributed by atoms with Gasteiger partial charge in [-0.05, 0) is 75.4 Å². The molecule has 6 nitrogen and oxygen atoms in total. The largest absolute Gasteiger partial charge is 0.508 e. The topological polar surface area (TPSA) is 79.8 Å². The van der Waals surface area contributed by atoms with Gasteiger partial charge in [-0.3, -0.25) is 4.79 Å². The van der Waals surface area contributed by atoms with Gasteiger partial charge in [0.05, 0.1) is 5.56 Å². The van der Waals surface area contributed by atoms with Crippen LogP contribution >= 0.6 is 0 Å². The number of piperidine rings is 1. The molecule has 1 aliphatic rings. The van der Waals surface area contributed by atoms with Gasteiger partial charge in [0.1, 0.15) is 11.5 Å². The van der Waals surface area contributed by atoms with Crippen LogP contribution in [-0.4, -0.2) is 63.1 Å².